The second-order valence-corrected chi connectivity index (χ2v) is 8.34. The Labute approximate surface area is 179 Å². The van der Waals surface area contributed by atoms with Crippen molar-refractivity contribution in [3.63, 3.8) is 0 Å². The molecule has 0 spiro atoms. The van der Waals surface area contributed by atoms with Crippen LogP contribution in [0.4, 0.5) is 0 Å². The number of aliphatic hydroxyl groups is 1. The molecule has 2 bridgehead atoms. The Balaban J connectivity index is 1.72. The lowest BCUT2D eigenvalue weighted by molar-refractivity contribution is -0.132. The number of hydrogen-bond donors (Lipinski definition) is 3. The molecule has 2 aliphatic rings. The second kappa shape index (κ2) is 10.8. The number of fused-ring (bicyclic) bond motifs is 3. The van der Waals surface area contributed by atoms with Gasteiger partial charge >= 0.3 is 0 Å². The first kappa shape index (κ1) is 21.8. The molecule has 0 saturated carbocycles. The Bertz CT molecular complexity index is 755. The van der Waals surface area contributed by atoms with Crippen LogP contribution in [0.5, 0.6) is 5.75 Å². The summed E-state index contributed by atoms with van der Waals surface area (Å²) in [7, 11) is 0. The van der Waals surface area contributed by atoms with Crippen LogP contribution in [0, 0.1) is 11.8 Å². The van der Waals surface area contributed by atoms with Gasteiger partial charge in [0.25, 0.3) is 0 Å². The number of piperidine rings is 1. The van der Waals surface area contributed by atoms with Crippen LogP contribution in [0.2, 0.25) is 0 Å². The third-order valence-corrected chi connectivity index (χ3v) is 5.87. The predicted molar refractivity (Wildman–Crippen MR) is 113 cm³/mol. The summed E-state index contributed by atoms with van der Waals surface area (Å²) in [6.07, 6.45) is 5.23. The van der Waals surface area contributed by atoms with Crippen molar-refractivity contribution in [1.82, 2.24) is 15.5 Å². The van der Waals surface area contributed by atoms with E-state index in [-0.39, 0.29) is 43.3 Å². The molecule has 2 aliphatic heterocycles. The number of ether oxygens (including phenoxy) is 1. The van der Waals surface area contributed by atoms with Crippen LogP contribution < -0.4 is 15.4 Å². The van der Waals surface area contributed by atoms with Crippen molar-refractivity contribution in [3.8, 4) is 5.75 Å². The average molecular weight is 466 g/mol. The van der Waals surface area contributed by atoms with E-state index in [1.807, 2.05) is 29.2 Å². The highest BCUT2D eigenvalue weighted by atomic mass is 79.9. The molecule has 2 atom stereocenters. The molecule has 2 heterocycles. The van der Waals surface area contributed by atoms with Crippen molar-refractivity contribution in [2.75, 3.05) is 39.4 Å². The molecule has 158 valence electrons. The highest BCUT2D eigenvalue weighted by Gasteiger charge is 2.31. The lowest BCUT2D eigenvalue weighted by atomic mass is 9.82. The summed E-state index contributed by atoms with van der Waals surface area (Å²) in [6.45, 7) is 2.71. The van der Waals surface area contributed by atoms with Gasteiger partial charge in [0.05, 0.1) is 13.2 Å². The van der Waals surface area contributed by atoms with E-state index in [0.29, 0.717) is 32.7 Å². The number of rotatable bonds is 4. The van der Waals surface area contributed by atoms with E-state index in [1.165, 1.54) is 0 Å². The summed E-state index contributed by atoms with van der Waals surface area (Å²) >= 11 is 3.48. The molecular formula is C21H28BrN3O4. The highest BCUT2D eigenvalue weighted by molar-refractivity contribution is 9.10. The Hall–Kier alpha value is -1.90. The summed E-state index contributed by atoms with van der Waals surface area (Å²) in [5.74, 6) is 1.07. The van der Waals surface area contributed by atoms with Crippen LogP contribution in [0.3, 0.4) is 0 Å². The predicted octanol–water partition coefficient (Wildman–Crippen LogP) is 1.45. The molecule has 1 aromatic carbocycles. The maximum Gasteiger partial charge on any atom is 0.236 e. The third kappa shape index (κ3) is 6.29. The van der Waals surface area contributed by atoms with Gasteiger partial charge in [-0.05, 0) is 36.5 Å². The van der Waals surface area contributed by atoms with E-state index in [2.05, 4.69) is 32.6 Å². The first-order chi connectivity index (χ1) is 14.1. The zero-order chi connectivity index (χ0) is 20.6. The minimum Gasteiger partial charge on any atom is -0.489 e. The van der Waals surface area contributed by atoms with Gasteiger partial charge in [0.15, 0.2) is 0 Å². The number of amides is 2. The number of halogens is 1. The third-order valence-electron chi connectivity index (χ3n) is 5.37. The Morgan fingerprint density at radius 2 is 2.24 bits per heavy atom. The zero-order valence-electron chi connectivity index (χ0n) is 16.4. The van der Waals surface area contributed by atoms with E-state index in [1.54, 1.807) is 0 Å². The van der Waals surface area contributed by atoms with E-state index in [4.69, 9.17) is 9.84 Å². The van der Waals surface area contributed by atoms with Gasteiger partial charge < -0.3 is 25.4 Å². The summed E-state index contributed by atoms with van der Waals surface area (Å²) in [5, 5.41) is 14.8. The highest BCUT2D eigenvalue weighted by Crippen LogP contribution is 2.28. The van der Waals surface area contributed by atoms with Crippen molar-refractivity contribution in [1.29, 1.82) is 0 Å². The quantitative estimate of drug-likeness (QED) is 0.585. The normalized spacial score (nSPS) is 23.7. The smallest absolute Gasteiger partial charge is 0.236 e. The van der Waals surface area contributed by atoms with E-state index < -0.39 is 0 Å². The molecule has 0 unspecified atom stereocenters. The molecule has 7 nitrogen and oxygen atoms in total. The molecule has 0 aromatic heterocycles. The van der Waals surface area contributed by atoms with Crippen LogP contribution in [0.25, 0.3) is 0 Å². The Morgan fingerprint density at radius 1 is 1.38 bits per heavy atom. The van der Waals surface area contributed by atoms with Gasteiger partial charge in [0.2, 0.25) is 11.8 Å². The van der Waals surface area contributed by atoms with Crippen LogP contribution in [-0.4, -0.2) is 61.2 Å². The van der Waals surface area contributed by atoms with Crippen LogP contribution >= 0.6 is 15.9 Å². The van der Waals surface area contributed by atoms with Gasteiger partial charge in [-0.1, -0.05) is 28.1 Å². The largest absolute Gasteiger partial charge is 0.489 e. The molecule has 0 aliphatic carbocycles. The van der Waals surface area contributed by atoms with Crippen molar-refractivity contribution >= 4 is 27.7 Å². The maximum atomic E-state index is 12.7. The summed E-state index contributed by atoms with van der Waals surface area (Å²) < 4.78 is 6.90. The van der Waals surface area contributed by atoms with E-state index in [9.17, 15) is 9.59 Å². The van der Waals surface area contributed by atoms with Gasteiger partial charge in [-0.3, -0.25) is 9.59 Å². The molecule has 8 heteroatoms. The molecule has 3 rings (SSSR count). The molecule has 1 fully saturated rings. The molecule has 2 amide bonds. The standard InChI is InChI=1S/C21H28BrN3O4/c22-18-3-4-19-17(10-18)12-23-13-21(28)25-7-5-15(11-20(27)24-6-8-26)16(14-25)2-1-9-29-19/h1-4,10,15-16,23,26H,5-9,11-14H2,(H,24,27)/b2-1+/t15-,16-/m0/s1. The van der Waals surface area contributed by atoms with Gasteiger partial charge in [-0.15, -0.1) is 0 Å². The molecule has 0 radical (unpaired) electrons. The number of nitrogens with zero attached hydrogens (tertiary/aromatic N) is 1. The zero-order valence-corrected chi connectivity index (χ0v) is 18.0. The van der Waals surface area contributed by atoms with Crippen molar-refractivity contribution in [2.24, 2.45) is 11.8 Å². The lowest BCUT2D eigenvalue weighted by Crippen LogP contribution is -2.47. The second-order valence-electron chi connectivity index (χ2n) is 7.42. The van der Waals surface area contributed by atoms with Crippen molar-refractivity contribution in [3.05, 3.63) is 40.4 Å². The van der Waals surface area contributed by atoms with Crippen LogP contribution in [0.1, 0.15) is 18.4 Å². The topological polar surface area (TPSA) is 90.9 Å². The Morgan fingerprint density at radius 3 is 3.07 bits per heavy atom. The van der Waals surface area contributed by atoms with Gasteiger partial charge in [0, 0.05) is 42.6 Å². The first-order valence-electron chi connectivity index (χ1n) is 10.0. The molecule has 3 N–H and O–H groups in total. The van der Waals surface area contributed by atoms with Crippen molar-refractivity contribution < 1.29 is 19.4 Å². The fourth-order valence-electron chi connectivity index (χ4n) is 3.85. The number of carbonyl (C=O) groups excluding carboxylic acids is 2. The summed E-state index contributed by atoms with van der Waals surface area (Å²) in [6, 6.07) is 5.86. The SMILES string of the molecule is O=C(C[C@@H]1CCN2C[C@@H]1/C=C/COc1ccc(Br)cc1CNCC2=O)NCCO. The number of hydrogen-bond acceptors (Lipinski definition) is 5. The fourth-order valence-corrected chi connectivity index (χ4v) is 4.25. The Kier molecular flexibility index (Phi) is 8.09. The number of carbonyl (C=O) groups is 2. The minimum atomic E-state index is -0.0651. The lowest BCUT2D eigenvalue weighted by Gasteiger charge is -2.37. The monoisotopic (exact) mass is 465 g/mol. The van der Waals surface area contributed by atoms with Gasteiger partial charge in [-0.2, -0.15) is 0 Å². The van der Waals surface area contributed by atoms with Crippen LogP contribution in [0.15, 0.2) is 34.8 Å². The number of nitrogens with one attached hydrogen (secondary N) is 2. The van der Waals surface area contributed by atoms with Gasteiger partial charge in [-0.25, -0.2) is 0 Å². The minimum absolute atomic E-state index is 0.0578. The molecular weight excluding hydrogens is 438 g/mol. The first-order valence-corrected chi connectivity index (χ1v) is 10.8. The summed E-state index contributed by atoms with van der Waals surface area (Å²) in [4.78, 5) is 26.7. The average Bonchev–Trinajstić information content (AvgIpc) is 2.72. The number of aliphatic hydroxyl groups excluding tert-OH is 1. The van der Waals surface area contributed by atoms with Crippen LogP contribution in [-0.2, 0) is 16.1 Å². The molecule has 1 saturated heterocycles. The fraction of sp³-hybridized carbons (Fsp3) is 0.524. The summed E-state index contributed by atoms with van der Waals surface area (Å²) in [5.41, 5.74) is 0.997. The van der Waals surface area contributed by atoms with Crippen molar-refractivity contribution in [2.45, 2.75) is 19.4 Å². The van der Waals surface area contributed by atoms with Gasteiger partial charge in [0.1, 0.15) is 12.4 Å². The van der Waals surface area contributed by atoms with E-state index >= 15 is 0 Å². The maximum absolute atomic E-state index is 12.7. The number of benzene rings is 1. The van der Waals surface area contributed by atoms with E-state index in [0.717, 1.165) is 22.2 Å². The molecule has 1 aromatic rings. The molecule has 29 heavy (non-hydrogen) atoms.